The maximum atomic E-state index is 14.4. The van der Waals surface area contributed by atoms with E-state index in [2.05, 4.69) is 25.4 Å². The number of phenolic OH excluding ortho intramolecular Hbond substituents is 1. The molecule has 0 unspecified atom stereocenters. The molecule has 0 bridgehead atoms. The summed E-state index contributed by atoms with van der Waals surface area (Å²) in [6.45, 7) is 1.90. The summed E-state index contributed by atoms with van der Waals surface area (Å²) in [4.78, 5) is 28.9. The Labute approximate surface area is 211 Å². The maximum Gasteiger partial charge on any atom is 0.274 e. The third-order valence-electron chi connectivity index (χ3n) is 5.75. The van der Waals surface area contributed by atoms with Crippen LogP contribution in [0.4, 0.5) is 27.3 Å². The van der Waals surface area contributed by atoms with Gasteiger partial charge >= 0.3 is 0 Å². The zero-order valence-corrected chi connectivity index (χ0v) is 20.3. The predicted molar refractivity (Wildman–Crippen MR) is 137 cm³/mol. The molecule has 12 heteroatoms. The lowest BCUT2D eigenvalue weighted by Gasteiger charge is -2.28. The van der Waals surface area contributed by atoms with E-state index in [-0.39, 0.29) is 17.5 Å². The van der Waals surface area contributed by atoms with Crippen molar-refractivity contribution in [2.45, 2.75) is 0 Å². The number of pyridine rings is 1. The Bertz CT molecular complexity index is 1470. The lowest BCUT2D eigenvalue weighted by atomic mass is 10.2. The van der Waals surface area contributed by atoms with Crippen molar-refractivity contribution in [3.8, 4) is 23.1 Å². The molecule has 4 aromatic rings. The van der Waals surface area contributed by atoms with Crippen LogP contribution in [0, 0.1) is 5.82 Å². The van der Waals surface area contributed by atoms with Crippen molar-refractivity contribution >= 4 is 22.9 Å². The summed E-state index contributed by atoms with van der Waals surface area (Å²) in [6, 6.07) is 11.6. The Hall–Kier alpha value is -4.58. The number of benzene rings is 1. The second-order valence-electron chi connectivity index (χ2n) is 8.60. The molecule has 1 aliphatic rings. The lowest BCUT2D eigenvalue weighted by molar-refractivity contribution is 0.122. The molecule has 1 fully saturated rings. The Morgan fingerprint density at radius 1 is 1.00 bits per heavy atom. The van der Waals surface area contributed by atoms with Gasteiger partial charge in [0.05, 0.1) is 37.0 Å². The highest BCUT2D eigenvalue weighted by Crippen LogP contribution is 2.28. The molecule has 0 radical (unpaired) electrons. The smallest absolute Gasteiger partial charge is 0.274 e. The van der Waals surface area contributed by atoms with Crippen LogP contribution in [0.5, 0.6) is 5.75 Å². The molecule has 5 rings (SSSR count). The first kappa shape index (κ1) is 24.1. The normalized spacial score (nSPS) is 13.4. The summed E-state index contributed by atoms with van der Waals surface area (Å²) in [5, 5.41) is 17.6. The number of hydrogen-bond acceptors (Lipinski definition) is 10. The molecular formula is C25H25FN8O3. The number of anilines is 4. The SMILES string of the molecule is CN(C)c1cc(O)cc(Nc2ccc(-c3ccc(=O)n(-c4ncc(F)c(N5CCOCC5)n4)n3)nc2)c1. The standard InChI is InChI=1S/C25H25FN8O3/c1-32(2)18-11-17(12-19(35)13-18)29-16-3-4-21(27-14-16)22-5-6-23(36)34(31-22)25-28-15-20(26)24(30-25)33-7-9-37-10-8-33/h3-6,11-15,29,35H,7-10H2,1-2H3. The third kappa shape index (κ3) is 5.33. The molecule has 0 saturated carbocycles. The topological polar surface area (TPSA) is 122 Å². The van der Waals surface area contributed by atoms with E-state index in [1.807, 2.05) is 31.1 Å². The van der Waals surface area contributed by atoms with E-state index < -0.39 is 11.4 Å². The number of ether oxygens (including phenoxy) is 1. The first-order chi connectivity index (χ1) is 17.9. The highest BCUT2D eigenvalue weighted by atomic mass is 19.1. The molecule has 37 heavy (non-hydrogen) atoms. The second kappa shape index (κ2) is 10.2. The Morgan fingerprint density at radius 2 is 1.78 bits per heavy atom. The van der Waals surface area contributed by atoms with Gasteiger partial charge in [-0.1, -0.05) is 0 Å². The molecule has 0 atom stereocenters. The zero-order chi connectivity index (χ0) is 25.9. The second-order valence-corrected chi connectivity index (χ2v) is 8.60. The van der Waals surface area contributed by atoms with Gasteiger partial charge in [0, 0.05) is 56.8 Å². The summed E-state index contributed by atoms with van der Waals surface area (Å²) in [5.74, 6) is -0.368. The zero-order valence-electron chi connectivity index (χ0n) is 20.3. The van der Waals surface area contributed by atoms with Crippen LogP contribution < -0.4 is 20.7 Å². The molecule has 4 heterocycles. The average molecular weight is 505 g/mol. The van der Waals surface area contributed by atoms with Crippen molar-refractivity contribution in [2.24, 2.45) is 0 Å². The fourth-order valence-electron chi connectivity index (χ4n) is 3.85. The van der Waals surface area contributed by atoms with Gasteiger partial charge in [0.15, 0.2) is 11.6 Å². The van der Waals surface area contributed by atoms with Gasteiger partial charge in [-0.2, -0.15) is 14.8 Å². The van der Waals surface area contributed by atoms with E-state index in [9.17, 15) is 14.3 Å². The summed E-state index contributed by atoms with van der Waals surface area (Å²) in [6.07, 6.45) is 2.66. The van der Waals surface area contributed by atoms with E-state index in [0.29, 0.717) is 49.1 Å². The summed E-state index contributed by atoms with van der Waals surface area (Å²) in [7, 11) is 3.78. The summed E-state index contributed by atoms with van der Waals surface area (Å²) >= 11 is 0. The average Bonchev–Trinajstić information content (AvgIpc) is 2.90. The highest BCUT2D eigenvalue weighted by Gasteiger charge is 2.19. The molecule has 1 aliphatic heterocycles. The third-order valence-corrected chi connectivity index (χ3v) is 5.75. The fourth-order valence-corrected chi connectivity index (χ4v) is 3.85. The fraction of sp³-hybridized carbons (Fsp3) is 0.240. The van der Waals surface area contributed by atoms with Crippen LogP contribution in [0.1, 0.15) is 0 Å². The minimum atomic E-state index is -0.580. The van der Waals surface area contributed by atoms with Crippen LogP contribution in [0.25, 0.3) is 17.3 Å². The Morgan fingerprint density at radius 3 is 2.51 bits per heavy atom. The van der Waals surface area contributed by atoms with Gasteiger partial charge in [-0.25, -0.2) is 9.37 Å². The molecule has 2 N–H and O–H groups in total. The van der Waals surface area contributed by atoms with Crippen LogP contribution in [-0.2, 0) is 4.74 Å². The van der Waals surface area contributed by atoms with Crippen molar-refractivity contribution in [1.29, 1.82) is 0 Å². The van der Waals surface area contributed by atoms with E-state index in [4.69, 9.17) is 4.74 Å². The monoisotopic (exact) mass is 504 g/mol. The minimum absolute atomic E-state index is 0.0337. The number of aromatic nitrogens is 5. The largest absolute Gasteiger partial charge is 0.508 e. The van der Waals surface area contributed by atoms with Crippen LogP contribution in [0.3, 0.4) is 0 Å². The predicted octanol–water partition coefficient (Wildman–Crippen LogP) is 2.58. The van der Waals surface area contributed by atoms with E-state index in [1.165, 1.54) is 6.07 Å². The molecule has 0 aliphatic carbocycles. The van der Waals surface area contributed by atoms with Gasteiger partial charge in [-0.3, -0.25) is 9.78 Å². The van der Waals surface area contributed by atoms with Crippen LogP contribution >= 0.6 is 0 Å². The molecule has 0 amide bonds. The van der Waals surface area contributed by atoms with Crippen molar-refractivity contribution in [1.82, 2.24) is 24.7 Å². The summed E-state index contributed by atoms with van der Waals surface area (Å²) in [5.41, 5.74) is 2.72. The van der Waals surface area contributed by atoms with Gasteiger partial charge in [-0.15, -0.1) is 0 Å². The van der Waals surface area contributed by atoms with Crippen molar-refractivity contribution in [2.75, 3.05) is 55.5 Å². The van der Waals surface area contributed by atoms with Crippen molar-refractivity contribution in [3.63, 3.8) is 0 Å². The van der Waals surface area contributed by atoms with Gasteiger partial charge in [0.1, 0.15) is 11.4 Å². The Balaban J connectivity index is 1.40. The quantitative estimate of drug-likeness (QED) is 0.405. The molecule has 1 aromatic carbocycles. The number of nitrogens with zero attached hydrogens (tertiary/aromatic N) is 7. The van der Waals surface area contributed by atoms with Crippen LogP contribution in [-0.4, -0.2) is 70.2 Å². The number of phenols is 1. The van der Waals surface area contributed by atoms with Gasteiger partial charge < -0.3 is 25.0 Å². The van der Waals surface area contributed by atoms with E-state index >= 15 is 0 Å². The molecule has 0 spiro atoms. The first-order valence-electron chi connectivity index (χ1n) is 11.6. The number of aromatic hydroxyl groups is 1. The molecule has 11 nitrogen and oxygen atoms in total. The number of morpholine rings is 1. The van der Waals surface area contributed by atoms with E-state index in [1.54, 1.807) is 35.4 Å². The number of rotatable bonds is 6. The van der Waals surface area contributed by atoms with Gasteiger partial charge in [-0.05, 0) is 24.3 Å². The van der Waals surface area contributed by atoms with Gasteiger partial charge in [0.25, 0.3) is 11.5 Å². The van der Waals surface area contributed by atoms with Crippen LogP contribution in [0.15, 0.2) is 59.7 Å². The molecule has 190 valence electrons. The maximum absolute atomic E-state index is 14.4. The van der Waals surface area contributed by atoms with Crippen molar-refractivity contribution < 1.29 is 14.2 Å². The number of nitrogens with one attached hydrogen (secondary N) is 1. The summed E-state index contributed by atoms with van der Waals surface area (Å²) < 4.78 is 20.8. The van der Waals surface area contributed by atoms with Crippen LogP contribution in [0.2, 0.25) is 0 Å². The lowest BCUT2D eigenvalue weighted by Crippen LogP contribution is -2.37. The van der Waals surface area contributed by atoms with Crippen molar-refractivity contribution in [3.05, 3.63) is 71.0 Å². The van der Waals surface area contributed by atoms with E-state index in [0.717, 1.165) is 16.6 Å². The number of hydrogen-bond donors (Lipinski definition) is 2. The molecule has 3 aromatic heterocycles. The minimum Gasteiger partial charge on any atom is -0.508 e. The Kier molecular flexibility index (Phi) is 6.64. The molecule has 1 saturated heterocycles. The number of halogens is 1. The van der Waals surface area contributed by atoms with Gasteiger partial charge in [0.2, 0.25) is 0 Å². The molecular weight excluding hydrogens is 479 g/mol. The highest BCUT2D eigenvalue weighted by molar-refractivity contribution is 5.68. The first-order valence-corrected chi connectivity index (χ1v) is 11.6.